The predicted molar refractivity (Wildman–Crippen MR) is 85.7 cm³/mol. The van der Waals surface area contributed by atoms with Crippen molar-refractivity contribution in [3.8, 4) is 11.5 Å². The monoisotopic (exact) mass is 354 g/mol. The second-order valence-corrected chi connectivity index (χ2v) is 8.02. The minimum Gasteiger partial charge on any atom is -0.454 e. The summed E-state index contributed by atoms with van der Waals surface area (Å²) in [7, 11) is -0.656. The number of benzene rings is 1. The summed E-state index contributed by atoms with van der Waals surface area (Å²) in [6.45, 7) is 0.156. The molecule has 0 bridgehead atoms. The smallest absolute Gasteiger partial charge is 0.265 e. The summed E-state index contributed by atoms with van der Waals surface area (Å²) in [5.41, 5.74) is 0.546. The first-order chi connectivity index (χ1) is 10.9. The zero-order valence-corrected chi connectivity index (χ0v) is 14.0. The Morgan fingerprint density at radius 2 is 1.96 bits per heavy atom. The lowest BCUT2D eigenvalue weighted by Gasteiger charge is -2.08. The maximum atomic E-state index is 12.2. The molecule has 0 fully saturated rings. The molecule has 0 saturated carbocycles. The zero-order chi connectivity index (χ0) is 16.6. The van der Waals surface area contributed by atoms with Crippen LogP contribution in [0.25, 0.3) is 0 Å². The number of nitrogens with one attached hydrogen (secondary N) is 1. The molecular formula is C14H14N2O5S2. The third-order valence-electron chi connectivity index (χ3n) is 3.21. The summed E-state index contributed by atoms with van der Waals surface area (Å²) in [6, 6.07) is 6.42. The summed E-state index contributed by atoms with van der Waals surface area (Å²) >= 11 is 1.07. The van der Waals surface area contributed by atoms with Gasteiger partial charge in [0.05, 0.1) is 9.77 Å². The number of ether oxygens (including phenoxy) is 2. The largest absolute Gasteiger partial charge is 0.454 e. The van der Waals surface area contributed by atoms with Gasteiger partial charge in [0.25, 0.3) is 5.91 Å². The van der Waals surface area contributed by atoms with Gasteiger partial charge >= 0.3 is 0 Å². The highest BCUT2D eigenvalue weighted by atomic mass is 32.2. The first-order valence-corrected chi connectivity index (χ1v) is 8.92. The van der Waals surface area contributed by atoms with Gasteiger partial charge in [0.15, 0.2) is 11.5 Å². The maximum Gasteiger partial charge on any atom is 0.265 e. The summed E-state index contributed by atoms with van der Waals surface area (Å²) in [6.07, 6.45) is 0. The number of thiophene rings is 1. The maximum absolute atomic E-state index is 12.2. The normalized spacial score (nSPS) is 13.3. The van der Waals surface area contributed by atoms with Gasteiger partial charge in [0, 0.05) is 31.2 Å². The lowest BCUT2D eigenvalue weighted by atomic mass is 10.2. The number of nitrogens with zero attached hydrogens (tertiary/aromatic N) is 1. The van der Waals surface area contributed by atoms with Crippen molar-refractivity contribution in [1.82, 2.24) is 4.31 Å². The van der Waals surface area contributed by atoms with Crippen LogP contribution in [0.5, 0.6) is 11.5 Å². The van der Waals surface area contributed by atoms with Gasteiger partial charge in [-0.2, -0.15) is 0 Å². The second kappa shape index (κ2) is 5.84. The molecule has 0 radical (unpaired) electrons. The molecule has 1 aromatic carbocycles. The molecule has 2 heterocycles. The van der Waals surface area contributed by atoms with Crippen LogP contribution < -0.4 is 14.8 Å². The van der Waals surface area contributed by atoms with Crippen molar-refractivity contribution in [2.75, 3.05) is 26.2 Å². The second-order valence-electron chi connectivity index (χ2n) is 4.96. The van der Waals surface area contributed by atoms with Gasteiger partial charge in [0.1, 0.15) is 0 Å². The van der Waals surface area contributed by atoms with Crippen LogP contribution in [0.1, 0.15) is 9.67 Å². The molecule has 3 rings (SSSR count). The van der Waals surface area contributed by atoms with E-state index in [1.165, 1.54) is 25.5 Å². The highest BCUT2D eigenvalue weighted by Gasteiger charge is 2.21. The number of hydrogen-bond donors (Lipinski definition) is 1. The molecule has 0 atom stereocenters. The van der Waals surface area contributed by atoms with Crippen molar-refractivity contribution < 1.29 is 22.7 Å². The standard InChI is InChI=1S/C14H14N2O5S2/c1-16(2)23(18,19)10-6-13(22-7-10)14(17)15-9-3-4-11-12(5-9)21-8-20-11/h3-7H,8H2,1-2H3,(H,15,17). The highest BCUT2D eigenvalue weighted by molar-refractivity contribution is 7.89. The minimum absolute atomic E-state index is 0.100. The molecule has 7 nitrogen and oxygen atoms in total. The zero-order valence-electron chi connectivity index (χ0n) is 12.4. The van der Waals surface area contributed by atoms with Crippen LogP contribution in [-0.2, 0) is 10.0 Å². The van der Waals surface area contributed by atoms with Crippen molar-refractivity contribution in [2.24, 2.45) is 0 Å². The summed E-state index contributed by atoms with van der Waals surface area (Å²) in [5, 5.41) is 4.16. The van der Waals surface area contributed by atoms with Crippen molar-refractivity contribution >= 4 is 33.0 Å². The molecule has 0 spiro atoms. The van der Waals surface area contributed by atoms with Crippen LogP contribution in [-0.4, -0.2) is 39.5 Å². The Balaban J connectivity index is 1.78. The van der Waals surface area contributed by atoms with Gasteiger partial charge in [-0.15, -0.1) is 11.3 Å². The number of amides is 1. The van der Waals surface area contributed by atoms with Gasteiger partial charge in [-0.1, -0.05) is 0 Å². The molecule has 1 aromatic heterocycles. The van der Waals surface area contributed by atoms with E-state index in [0.717, 1.165) is 15.6 Å². The van der Waals surface area contributed by atoms with Gasteiger partial charge in [-0.25, -0.2) is 12.7 Å². The van der Waals surface area contributed by atoms with E-state index in [1.807, 2.05) is 0 Å². The predicted octanol–water partition coefficient (Wildman–Crippen LogP) is 1.98. The fourth-order valence-corrected chi connectivity index (χ4v) is 4.01. The average Bonchev–Trinajstić information content (AvgIpc) is 3.16. The molecule has 122 valence electrons. The molecule has 0 saturated heterocycles. The van der Waals surface area contributed by atoms with Crippen LogP contribution in [0.2, 0.25) is 0 Å². The Morgan fingerprint density at radius 1 is 1.22 bits per heavy atom. The van der Waals surface area contributed by atoms with E-state index >= 15 is 0 Å². The van der Waals surface area contributed by atoms with E-state index in [4.69, 9.17) is 9.47 Å². The SMILES string of the molecule is CN(C)S(=O)(=O)c1csc(C(=O)Nc2ccc3c(c2)OCO3)c1. The lowest BCUT2D eigenvalue weighted by Crippen LogP contribution is -2.21. The van der Waals surface area contributed by atoms with Crippen molar-refractivity contribution in [1.29, 1.82) is 0 Å². The Labute approximate surface area is 137 Å². The van der Waals surface area contributed by atoms with Gasteiger partial charge in [-0.05, 0) is 18.2 Å². The Bertz CT molecular complexity index is 858. The Kier molecular flexibility index (Phi) is 4.00. The molecule has 9 heteroatoms. The van der Waals surface area contributed by atoms with E-state index < -0.39 is 10.0 Å². The number of rotatable bonds is 4. The van der Waals surface area contributed by atoms with Crippen LogP contribution >= 0.6 is 11.3 Å². The lowest BCUT2D eigenvalue weighted by molar-refractivity contribution is 0.103. The van der Waals surface area contributed by atoms with E-state index in [2.05, 4.69) is 5.32 Å². The van der Waals surface area contributed by atoms with Gasteiger partial charge in [-0.3, -0.25) is 4.79 Å². The van der Waals surface area contributed by atoms with Gasteiger partial charge in [0.2, 0.25) is 16.8 Å². The van der Waals surface area contributed by atoms with E-state index in [9.17, 15) is 13.2 Å². The third-order valence-corrected chi connectivity index (χ3v) is 6.08. The highest BCUT2D eigenvalue weighted by Crippen LogP contribution is 2.34. The van der Waals surface area contributed by atoms with E-state index in [1.54, 1.807) is 18.2 Å². The fraction of sp³-hybridized carbons (Fsp3) is 0.214. The van der Waals surface area contributed by atoms with Crippen LogP contribution in [0.4, 0.5) is 5.69 Å². The molecule has 1 aliphatic rings. The summed E-state index contributed by atoms with van der Waals surface area (Å²) in [4.78, 5) is 12.7. The molecule has 0 aliphatic carbocycles. The number of carbonyl (C=O) groups excluding carboxylic acids is 1. The Morgan fingerprint density at radius 3 is 2.70 bits per heavy atom. The van der Waals surface area contributed by atoms with Gasteiger partial charge < -0.3 is 14.8 Å². The van der Waals surface area contributed by atoms with Crippen molar-refractivity contribution in [3.05, 3.63) is 34.5 Å². The van der Waals surface area contributed by atoms with Crippen molar-refractivity contribution in [3.63, 3.8) is 0 Å². The molecule has 23 heavy (non-hydrogen) atoms. The first kappa shape index (κ1) is 15.8. The number of carbonyl (C=O) groups is 1. The third kappa shape index (κ3) is 3.03. The molecular weight excluding hydrogens is 340 g/mol. The summed E-state index contributed by atoms with van der Waals surface area (Å²) < 4.78 is 35.6. The number of fused-ring (bicyclic) bond motifs is 1. The number of hydrogen-bond acceptors (Lipinski definition) is 6. The molecule has 1 aliphatic heterocycles. The van der Waals surface area contributed by atoms with E-state index in [-0.39, 0.29) is 17.6 Å². The topological polar surface area (TPSA) is 84.9 Å². The quantitative estimate of drug-likeness (QED) is 0.907. The first-order valence-electron chi connectivity index (χ1n) is 6.60. The minimum atomic E-state index is -3.54. The summed E-state index contributed by atoms with van der Waals surface area (Å²) in [5.74, 6) is 0.803. The van der Waals surface area contributed by atoms with Crippen LogP contribution in [0.15, 0.2) is 34.5 Å². The van der Waals surface area contributed by atoms with E-state index in [0.29, 0.717) is 22.1 Å². The number of sulfonamides is 1. The van der Waals surface area contributed by atoms with Crippen LogP contribution in [0, 0.1) is 0 Å². The number of anilines is 1. The Hall–Kier alpha value is -2.10. The van der Waals surface area contributed by atoms with Crippen LogP contribution in [0.3, 0.4) is 0 Å². The molecule has 2 aromatic rings. The molecule has 1 N–H and O–H groups in total. The van der Waals surface area contributed by atoms with Crippen molar-refractivity contribution in [2.45, 2.75) is 4.90 Å². The molecule has 0 unspecified atom stereocenters. The average molecular weight is 354 g/mol. The fourth-order valence-electron chi connectivity index (χ4n) is 1.95. The molecule has 1 amide bonds.